The summed E-state index contributed by atoms with van der Waals surface area (Å²) in [6.07, 6.45) is 11.8. The number of aryl methyl sites for hydroxylation is 2. The minimum atomic E-state index is -0.686. The number of imidazole rings is 2. The molecule has 2 saturated heterocycles. The van der Waals surface area contributed by atoms with E-state index < -0.39 is 24.3 Å². The van der Waals surface area contributed by atoms with Crippen molar-refractivity contribution in [3.63, 3.8) is 0 Å². The number of methoxy groups -OCH3 is 2. The highest BCUT2D eigenvalue weighted by Gasteiger charge is 2.41. The zero-order chi connectivity index (χ0) is 45.5. The maximum atomic E-state index is 13.6. The summed E-state index contributed by atoms with van der Waals surface area (Å²) in [5, 5.41) is 5.43. The summed E-state index contributed by atoms with van der Waals surface area (Å²) in [5.41, 5.74) is 13.3. The van der Waals surface area contributed by atoms with Gasteiger partial charge in [-0.3, -0.25) is 9.59 Å². The van der Waals surface area contributed by atoms with Crippen LogP contribution in [0.2, 0.25) is 0 Å². The molecule has 3 aliphatic carbocycles. The molecule has 65 heavy (non-hydrogen) atoms. The highest BCUT2D eigenvalue weighted by molar-refractivity contribution is 5.90. The van der Waals surface area contributed by atoms with E-state index in [4.69, 9.17) is 19.4 Å². The number of carbonyl (C=O) groups excluding carboxylic acids is 4. The van der Waals surface area contributed by atoms with Gasteiger partial charge in [-0.15, -0.1) is 0 Å². The molecule has 4 amide bonds. The number of ether oxygens (including phenoxy) is 2. The number of alkyl carbamates (subject to hydrolysis) is 2. The lowest BCUT2D eigenvalue weighted by molar-refractivity contribution is -0.143. The molecule has 2 fully saturated rings. The third-order valence-electron chi connectivity index (χ3n) is 13.6. The van der Waals surface area contributed by atoms with E-state index in [-0.39, 0.29) is 35.7 Å². The molecule has 4 N–H and O–H groups in total. The number of amides is 4. The molecule has 4 bridgehead atoms. The van der Waals surface area contributed by atoms with Crippen LogP contribution in [-0.2, 0) is 31.9 Å². The smallest absolute Gasteiger partial charge is 0.407 e. The number of benzene rings is 3. The molecule has 0 spiro atoms. The standard InChI is InChI=1S/C51H58N8O6/c1-28(2)44(56-50(62)64-5)48(60)58-22-20-42(58)46-52-38-18-16-34(26-40(38)54-46)36-24-30-8-7-9-32(36)13-11-31-12-15-33(14-10-30)37(25-31)35-17-19-39-41(27-35)55-47(53-39)43-21-23-59(43)49(61)45(29(3)4)57-51(63)65-6/h8-9,12,15-19,24-29,42-45H,7,10-11,13-14,20-23H2,1-6H3,(H,52,54)(H,53,55)(H,56,62)(H,57,63)/t42-,43-,44?,45?/m0/s1. The number of aromatic amines is 2. The van der Waals surface area contributed by atoms with Crippen molar-refractivity contribution >= 4 is 51.6 Å². The number of hydrogen-bond acceptors (Lipinski definition) is 8. The number of likely N-dealkylation sites (tertiary alicyclic amines) is 2. The molecule has 2 unspecified atom stereocenters. The summed E-state index contributed by atoms with van der Waals surface area (Å²) in [6.45, 7) is 8.84. The van der Waals surface area contributed by atoms with Gasteiger partial charge >= 0.3 is 12.2 Å². The minimum absolute atomic E-state index is 0.104. The van der Waals surface area contributed by atoms with Gasteiger partial charge in [0.2, 0.25) is 11.8 Å². The second-order valence-corrected chi connectivity index (χ2v) is 18.4. The number of hydrogen-bond donors (Lipinski definition) is 4. The number of nitrogens with one attached hydrogen (secondary N) is 4. The first kappa shape index (κ1) is 43.5. The first-order valence-corrected chi connectivity index (χ1v) is 22.9. The molecule has 3 aromatic carbocycles. The van der Waals surface area contributed by atoms with Crippen LogP contribution in [0.15, 0.2) is 84.0 Å². The summed E-state index contributed by atoms with van der Waals surface area (Å²) in [7, 11) is 2.60. The number of rotatable bonds is 10. The molecular formula is C51H58N8O6. The Kier molecular flexibility index (Phi) is 12.1. The topological polar surface area (TPSA) is 175 Å². The van der Waals surface area contributed by atoms with Crippen molar-refractivity contribution in [2.75, 3.05) is 27.3 Å². The molecule has 2 aromatic heterocycles. The third kappa shape index (κ3) is 8.65. The molecular weight excluding hydrogens is 821 g/mol. The van der Waals surface area contributed by atoms with Crippen LogP contribution in [0.4, 0.5) is 9.59 Å². The number of carbonyl (C=O) groups is 4. The molecule has 0 radical (unpaired) electrons. The monoisotopic (exact) mass is 878 g/mol. The lowest BCUT2D eigenvalue weighted by Gasteiger charge is -2.42. The largest absolute Gasteiger partial charge is 0.453 e. The SMILES string of the molecule is COC(=O)NC(C(=O)N1CC[C@H]1c1nc2cc(C3=CC4=CCC=C3CCc3ccc(c(-c5ccc6[nH]c([C@@H]7CCN7C(=O)C(NC(=O)OC)C(C)C)nc6c5)c3)CC4)ccc2[nH]1)C(C)C. The van der Waals surface area contributed by atoms with Crippen LogP contribution < -0.4 is 10.6 Å². The Balaban J connectivity index is 0.933. The minimum Gasteiger partial charge on any atom is -0.453 e. The Morgan fingerprint density at radius 2 is 1.25 bits per heavy atom. The number of nitrogens with zero attached hydrogens (tertiary/aromatic N) is 4. The molecule has 14 nitrogen and oxygen atoms in total. The quantitative estimate of drug-likeness (QED) is 0.108. The average Bonchev–Trinajstić information content (AvgIpc) is 3.81. The molecule has 4 heterocycles. The van der Waals surface area contributed by atoms with Crippen LogP contribution in [0.1, 0.15) is 100 Å². The average molecular weight is 879 g/mol. The van der Waals surface area contributed by atoms with Crippen LogP contribution in [0.25, 0.3) is 38.8 Å². The summed E-state index contributed by atoms with van der Waals surface area (Å²) < 4.78 is 9.58. The van der Waals surface area contributed by atoms with Gasteiger partial charge in [-0.25, -0.2) is 19.6 Å². The first-order chi connectivity index (χ1) is 31.4. The van der Waals surface area contributed by atoms with E-state index in [1.165, 1.54) is 47.6 Å². The Labute approximate surface area is 378 Å². The Bertz CT molecular complexity index is 2780. The summed E-state index contributed by atoms with van der Waals surface area (Å²) in [4.78, 5) is 71.9. The van der Waals surface area contributed by atoms with Crippen molar-refractivity contribution in [3.8, 4) is 11.1 Å². The van der Waals surface area contributed by atoms with Crippen molar-refractivity contribution < 1.29 is 28.7 Å². The van der Waals surface area contributed by atoms with E-state index in [2.05, 4.69) is 93.4 Å². The summed E-state index contributed by atoms with van der Waals surface area (Å²) in [6, 6.07) is 18.0. The van der Waals surface area contributed by atoms with Crippen molar-refractivity contribution in [3.05, 3.63) is 112 Å². The zero-order valence-electron chi connectivity index (χ0n) is 38.0. The maximum Gasteiger partial charge on any atom is 0.407 e. The van der Waals surface area contributed by atoms with Crippen LogP contribution in [0.5, 0.6) is 0 Å². The molecule has 2 aliphatic heterocycles. The second-order valence-electron chi connectivity index (χ2n) is 18.4. The summed E-state index contributed by atoms with van der Waals surface area (Å²) >= 11 is 0. The highest BCUT2D eigenvalue weighted by Crippen LogP contribution is 2.39. The molecule has 0 saturated carbocycles. The van der Waals surface area contributed by atoms with Crippen molar-refractivity contribution in [2.45, 2.75) is 96.8 Å². The van der Waals surface area contributed by atoms with Gasteiger partial charge in [-0.05, 0) is 120 Å². The Morgan fingerprint density at radius 1 is 0.677 bits per heavy atom. The van der Waals surface area contributed by atoms with E-state index >= 15 is 0 Å². The third-order valence-corrected chi connectivity index (χ3v) is 13.6. The Morgan fingerprint density at radius 3 is 1.78 bits per heavy atom. The van der Waals surface area contributed by atoms with Gasteiger partial charge < -0.3 is 39.9 Å². The zero-order valence-corrected chi connectivity index (χ0v) is 38.0. The van der Waals surface area contributed by atoms with Gasteiger partial charge in [0, 0.05) is 13.1 Å². The van der Waals surface area contributed by atoms with E-state index in [0.717, 1.165) is 89.8 Å². The van der Waals surface area contributed by atoms with Gasteiger partial charge in [0.15, 0.2) is 0 Å². The van der Waals surface area contributed by atoms with Crippen molar-refractivity contribution in [1.29, 1.82) is 0 Å². The molecule has 10 rings (SSSR count). The maximum absolute atomic E-state index is 13.6. The van der Waals surface area contributed by atoms with E-state index in [1.807, 2.05) is 27.7 Å². The lowest BCUT2D eigenvalue weighted by Crippen LogP contribution is -2.56. The van der Waals surface area contributed by atoms with Gasteiger partial charge in [0.05, 0.1) is 48.4 Å². The number of aromatic nitrogens is 4. The fourth-order valence-corrected chi connectivity index (χ4v) is 9.63. The van der Waals surface area contributed by atoms with Crippen molar-refractivity contribution in [2.24, 2.45) is 11.8 Å². The van der Waals surface area contributed by atoms with Crippen LogP contribution >= 0.6 is 0 Å². The predicted molar refractivity (Wildman–Crippen MR) is 250 cm³/mol. The number of H-pyrrole nitrogens is 2. The van der Waals surface area contributed by atoms with E-state index in [0.29, 0.717) is 13.1 Å². The molecule has 338 valence electrons. The van der Waals surface area contributed by atoms with Crippen LogP contribution in [0, 0.1) is 11.8 Å². The molecule has 14 heteroatoms. The predicted octanol–water partition coefficient (Wildman–Crippen LogP) is 8.63. The van der Waals surface area contributed by atoms with Gasteiger partial charge in [-0.1, -0.05) is 81.8 Å². The van der Waals surface area contributed by atoms with Gasteiger partial charge in [-0.2, -0.15) is 0 Å². The fraction of sp³-hybridized carbons (Fsp3) is 0.412. The molecule has 5 aromatic rings. The number of allylic oxidation sites excluding steroid dienone is 6. The normalized spacial score (nSPS) is 19.3. The van der Waals surface area contributed by atoms with Gasteiger partial charge in [0.1, 0.15) is 23.7 Å². The second kappa shape index (κ2) is 18.1. The fourth-order valence-electron chi connectivity index (χ4n) is 9.63. The number of fused-ring (bicyclic) bond motifs is 6. The molecule has 4 atom stereocenters. The lowest BCUT2D eigenvalue weighted by atomic mass is 9.87. The van der Waals surface area contributed by atoms with Gasteiger partial charge in [0.25, 0.3) is 0 Å². The van der Waals surface area contributed by atoms with Crippen LogP contribution in [0.3, 0.4) is 0 Å². The molecule has 5 aliphatic rings. The van der Waals surface area contributed by atoms with E-state index in [1.54, 1.807) is 9.80 Å². The van der Waals surface area contributed by atoms with Crippen LogP contribution in [-0.4, -0.2) is 93.1 Å². The van der Waals surface area contributed by atoms with E-state index in [9.17, 15) is 19.2 Å². The van der Waals surface area contributed by atoms with Crippen molar-refractivity contribution in [1.82, 2.24) is 40.4 Å². The summed E-state index contributed by atoms with van der Waals surface area (Å²) in [5.74, 6) is 1.02. The highest BCUT2D eigenvalue weighted by atomic mass is 16.5. The first-order valence-electron chi connectivity index (χ1n) is 22.9. The Hall–Kier alpha value is -6.70.